The lowest BCUT2D eigenvalue weighted by Gasteiger charge is -2.04. The minimum atomic E-state index is -1.18. The predicted octanol–water partition coefficient (Wildman–Crippen LogP) is 2.84. The van der Waals surface area contributed by atoms with Gasteiger partial charge < -0.3 is 10.4 Å². The van der Waals surface area contributed by atoms with E-state index in [1.807, 2.05) is 0 Å². The summed E-state index contributed by atoms with van der Waals surface area (Å²) in [6.07, 6.45) is 8.35. The first kappa shape index (κ1) is 15.7. The Morgan fingerprint density at radius 3 is 2.12 bits per heavy atom. The molecule has 2 N–H and O–H groups in total. The Balaban J connectivity index is 3.39. The van der Waals surface area contributed by atoms with Gasteiger partial charge in [0.2, 0.25) is 5.91 Å². The molecule has 17 heavy (non-hydrogen) atoms. The molecule has 0 atom stereocenters. The van der Waals surface area contributed by atoms with E-state index in [0.29, 0.717) is 6.42 Å². The molecule has 0 spiro atoms. The standard InChI is InChI=1S/C13H23NO3/c1-3-4-5-6-7-8-9-10-12(15)14-11(2)13(16)17/h2-10H2,1H3,(H,14,15)(H,16,17). The van der Waals surface area contributed by atoms with Gasteiger partial charge in [0.05, 0.1) is 0 Å². The topological polar surface area (TPSA) is 66.4 Å². The summed E-state index contributed by atoms with van der Waals surface area (Å²) < 4.78 is 0. The van der Waals surface area contributed by atoms with Crippen LogP contribution in [0.15, 0.2) is 12.3 Å². The number of aliphatic carboxylic acids is 1. The highest BCUT2D eigenvalue weighted by Crippen LogP contribution is 2.08. The van der Waals surface area contributed by atoms with Gasteiger partial charge in [-0.3, -0.25) is 4.79 Å². The van der Waals surface area contributed by atoms with Gasteiger partial charge >= 0.3 is 5.97 Å². The number of rotatable bonds is 10. The third-order valence-electron chi connectivity index (χ3n) is 2.56. The Morgan fingerprint density at radius 1 is 1.06 bits per heavy atom. The molecular weight excluding hydrogens is 218 g/mol. The van der Waals surface area contributed by atoms with Crippen LogP contribution in [-0.4, -0.2) is 17.0 Å². The van der Waals surface area contributed by atoms with E-state index in [4.69, 9.17) is 5.11 Å². The average molecular weight is 241 g/mol. The van der Waals surface area contributed by atoms with E-state index in [1.54, 1.807) is 0 Å². The summed E-state index contributed by atoms with van der Waals surface area (Å²) in [6, 6.07) is 0. The summed E-state index contributed by atoms with van der Waals surface area (Å²) in [5.74, 6) is -1.44. The van der Waals surface area contributed by atoms with E-state index in [0.717, 1.165) is 19.3 Å². The number of hydrogen-bond acceptors (Lipinski definition) is 2. The van der Waals surface area contributed by atoms with Gasteiger partial charge in [0, 0.05) is 6.42 Å². The highest BCUT2D eigenvalue weighted by molar-refractivity contribution is 5.91. The number of unbranched alkanes of at least 4 members (excludes halogenated alkanes) is 6. The van der Waals surface area contributed by atoms with Crippen molar-refractivity contribution >= 4 is 11.9 Å². The number of carbonyl (C=O) groups is 2. The fraction of sp³-hybridized carbons (Fsp3) is 0.692. The predicted molar refractivity (Wildman–Crippen MR) is 67.5 cm³/mol. The molecule has 98 valence electrons. The minimum absolute atomic E-state index is 0.252. The lowest BCUT2D eigenvalue weighted by molar-refractivity contribution is -0.134. The van der Waals surface area contributed by atoms with Crippen LogP contribution < -0.4 is 5.32 Å². The minimum Gasteiger partial charge on any atom is -0.477 e. The van der Waals surface area contributed by atoms with Gasteiger partial charge in [-0.05, 0) is 6.42 Å². The van der Waals surface area contributed by atoms with Gasteiger partial charge in [0.1, 0.15) is 5.70 Å². The zero-order valence-electron chi connectivity index (χ0n) is 10.6. The van der Waals surface area contributed by atoms with E-state index in [-0.39, 0.29) is 11.6 Å². The Bertz CT molecular complexity index is 261. The van der Waals surface area contributed by atoms with Crippen LogP contribution in [0.1, 0.15) is 58.3 Å². The molecule has 0 aromatic heterocycles. The number of nitrogens with one attached hydrogen (secondary N) is 1. The lowest BCUT2D eigenvalue weighted by Crippen LogP contribution is -2.26. The summed E-state index contributed by atoms with van der Waals surface area (Å²) in [7, 11) is 0. The van der Waals surface area contributed by atoms with E-state index in [9.17, 15) is 9.59 Å². The van der Waals surface area contributed by atoms with Crippen LogP contribution in [0, 0.1) is 0 Å². The second-order valence-corrected chi connectivity index (χ2v) is 4.20. The third-order valence-corrected chi connectivity index (χ3v) is 2.56. The van der Waals surface area contributed by atoms with Gasteiger partial charge in [0.15, 0.2) is 0 Å². The summed E-state index contributed by atoms with van der Waals surface area (Å²) in [5, 5.41) is 10.8. The number of carboxylic acids is 1. The second-order valence-electron chi connectivity index (χ2n) is 4.20. The second kappa shape index (κ2) is 9.87. The number of carboxylic acid groups (broad SMARTS) is 1. The van der Waals surface area contributed by atoms with Crippen molar-refractivity contribution in [2.75, 3.05) is 0 Å². The smallest absolute Gasteiger partial charge is 0.351 e. The van der Waals surface area contributed by atoms with Crippen molar-refractivity contribution in [3.05, 3.63) is 12.3 Å². The van der Waals surface area contributed by atoms with Crippen molar-refractivity contribution in [1.82, 2.24) is 5.32 Å². The molecule has 0 saturated carbocycles. The van der Waals surface area contributed by atoms with Crippen molar-refractivity contribution in [2.24, 2.45) is 0 Å². The zero-order valence-corrected chi connectivity index (χ0v) is 10.6. The van der Waals surface area contributed by atoms with E-state index < -0.39 is 5.97 Å². The normalized spacial score (nSPS) is 9.94. The van der Waals surface area contributed by atoms with Crippen LogP contribution in [0.25, 0.3) is 0 Å². The van der Waals surface area contributed by atoms with Crippen molar-refractivity contribution < 1.29 is 14.7 Å². The van der Waals surface area contributed by atoms with E-state index in [2.05, 4.69) is 18.8 Å². The SMILES string of the molecule is C=C(NC(=O)CCCCCCCCC)C(=O)O. The number of amides is 1. The van der Waals surface area contributed by atoms with Crippen LogP contribution in [-0.2, 0) is 9.59 Å². The number of carbonyl (C=O) groups excluding carboxylic acids is 1. The van der Waals surface area contributed by atoms with Gasteiger partial charge in [-0.1, -0.05) is 52.0 Å². The molecule has 0 unspecified atom stereocenters. The highest BCUT2D eigenvalue weighted by Gasteiger charge is 2.07. The van der Waals surface area contributed by atoms with Crippen LogP contribution in [0.2, 0.25) is 0 Å². The molecule has 0 aliphatic heterocycles. The first-order valence-corrected chi connectivity index (χ1v) is 6.30. The number of hydrogen-bond donors (Lipinski definition) is 2. The van der Waals surface area contributed by atoms with Crippen LogP contribution >= 0.6 is 0 Å². The van der Waals surface area contributed by atoms with Gasteiger partial charge in [-0.25, -0.2) is 4.79 Å². The summed E-state index contributed by atoms with van der Waals surface area (Å²) in [5.41, 5.74) is -0.252. The Morgan fingerprint density at radius 2 is 1.59 bits per heavy atom. The van der Waals surface area contributed by atoms with Gasteiger partial charge in [0.25, 0.3) is 0 Å². The fourth-order valence-electron chi connectivity index (χ4n) is 1.53. The molecule has 0 aromatic rings. The Hall–Kier alpha value is -1.32. The zero-order chi connectivity index (χ0) is 13.1. The molecule has 4 nitrogen and oxygen atoms in total. The van der Waals surface area contributed by atoms with Crippen LogP contribution in [0.4, 0.5) is 0 Å². The molecule has 1 amide bonds. The fourth-order valence-corrected chi connectivity index (χ4v) is 1.53. The summed E-state index contributed by atoms with van der Waals surface area (Å²) in [6.45, 7) is 5.42. The van der Waals surface area contributed by atoms with E-state index in [1.165, 1.54) is 25.7 Å². The molecule has 4 heteroatoms. The van der Waals surface area contributed by atoms with Crippen LogP contribution in [0.5, 0.6) is 0 Å². The largest absolute Gasteiger partial charge is 0.477 e. The molecule has 0 saturated heterocycles. The maximum atomic E-state index is 11.3. The molecule has 0 heterocycles. The summed E-state index contributed by atoms with van der Waals surface area (Å²) in [4.78, 5) is 21.7. The van der Waals surface area contributed by atoms with Crippen molar-refractivity contribution in [2.45, 2.75) is 58.3 Å². The Labute approximate surface area is 103 Å². The van der Waals surface area contributed by atoms with Crippen molar-refractivity contribution in [3.8, 4) is 0 Å². The Kier molecular flexibility index (Phi) is 9.11. The summed E-state index contributed by atoms with van der Waals surface area (Å²) >= 11 is 0. The quantitative estimate of drug-likeness (QED) is 0.456. The molecular formula is C13H23NO3. The molecule has 0 fully saturated rings. The molecule has 0 radical (unpaired) electrons. The average Bonchev–Trinajstić information content (AvgIpc) is 2.27. The van der Waals surface area contributed by atoms with E-state index >= 15 is 0 Å². The first-order chi connectivity index (χ1) is 8.07. The van der Waals surface area contributed by atoms with Gasteiger partial charge in [-0.15, -0.1) is 0 Å². The van der Waals surface area contributed by atoms with Crippen molar-refractivity contribution in [3.63, 3.8) is 0 Å². The highest BCUT2D eigenvalue weighted by atomic mass is 16.4. The maximum absolute atomic E-state index is 11.3. The van der Waals surface area contributed by atoms with Gasteiger partial charge in [-0.2, -0.15) is 0 Å². The molecule has 0 aromatic carbocycles. The lowest BCUT2D eigenvalue weighted by atomic mass is 10.1. The molecule has 0 rings (SSSR count). The van der Waals surface area contributed by atoms with Crippen molar-refractivity contribution in [1.29, 1.82) is 0 Å². The molecule has 0 aliphatic rings. The molecule has 0 aliphatic carbocycles. The third kappa shape index (κ3) is 9.60. The monoisotopic (exact) mass is 241 g/mol. The maximum Gasteiger partial charge on any atom is 0.351 e. The molecule has 0 bridgehead atoms. The van der Waals surface area contributed by atoms with Crippen LogP contribution in [0.3, 0.4) is 0 Å². The first-order valence-electron chi connectivity index (χ1n) is 6.30.